The first-order valence-corrected chi connectivity index (χ1v) is 3.63. The Labute approximate surface area is 60.6 Å². The number of halogens is 1. The van der Waals surface area contributed by atoms with Crippen LogP contribution in [0.4, 0.5) is 4.39 Å². The number of hydrogen-bond acceptors (Lipinski definition) is 2. The largest absolute Gasteiger partial charge is 0.392 e. The number of alkyl halides is 1. The number of hydrogen-bond donors (Lipinski definition) is 1. The molecule has 1 aliphatic rings. The zero-order valence-corrected chi connectivity index (χ0v) is 6.42. The normalized spacial score (nSPS) is 38.4. The van der Waals surface area contributed by atoms with Crippen molar-refractivity contribution in [3.8, 4) is 0 Å². The van der Waals surface area contributed by atoms with E-state index in [2.05, 4.69) is 0 Å². The molecule has 1 saturated heterocycles. The van der Waals surface area contributed by atoms with E-state index in [4.69, 9.17) is 5.11 Å². The van der Waals surface area contributed by atoms with Crippen LogP contribution in [0.15, 0.2) is 0 Å². The Morgan fingerprint density at radius 2 is 2.30 bits per heavy atom. The van der Waals surface area contributed by atoms with Crippen LogP contribution in [0.1, 0.15) is 13.3 Å². The van der Waals surface area contributed by atoms with Gasteiger partial charge in [-0.3, -0.25) is 4.90 Å². The second-order valence-corrected chi connectivity index (χ2v) is 3.08. The van der Waals surface area contributed by atoms with E-state index in [1.165, 1.54) is 0 Å². The molecule has 0 unspecified atom stereocenters. The molecular weight excluding hydrogens is 133 g/mol. The topological polar surface area (TPSA) is 23.5 Å². The van der Waals surface area contributed by atoms with Crippen molar-refractivity contribution in [3.63, 3.8) is 0 Å². The molecule has 1 N–H and O–H groups in total. The maximum Gasteiger partial charge on any atom is 0.114 e. The van der Waals surface area contributed by atoms with Gasteiger partial charge in [-0.25, -0.2) is 4.39 Å². The fraction of sp³-hybridized carbons (Fsp3) is 1.00. The summed E-state index contributed by atoms with van der Waals surface area (Å²) in [7, 11) is 1.84. The molecule has 0 bridgehead atoms. The predicted molar refractivity (Wildman–Crippen MR) is 37.6 cm³/mol. The van der Waals surface area contributed by atoms with Crippen molar-refractivity contribution in [2.75, 3.05) is 13.6 Å². The van der Waals surface area contributed by atoms with Crippen LogP contribution in [-0.2, 0) is 0 Å². The molecular formula is C7H14FNO. The summed E-state index contributed by atoms with van der Waals surface area (Å²) in [6, 6.07) is 0.0231. The van der Waals surface area contributed by atoms with Crippen LogP contribution in [0, 0.1) is 0 Å². The van der Waals surface area contributed by atoms with Crippen molar-refractivity contribution in [2.24, 2.45) is 0 Å². The van der Waals surface area contributed by atoms with Gasteiger partial charge in [-0.05, 0) is 20.4 Å². The third-order valence-corrected chi connectivity index (χ3v) is 2.11. The summed E-state index contributed by atoms with van der Waals surface area (Å²) in [6.07, 6.45) is -0.677. The SMILES string of the molecule is C[C@H](O)[C@@H]1C[C@@H](F)CN1C. The first-order valence-electron chi connectivity index (χ1n) is 3.63. The molecule has 1 rings (SSSR count). The van der Waals surface area contributed by atoms with E-state index in [-0.39, 0.29) is 6.04 Å². The quantitative estimate of drug-likeness (QED) is 0.580. The smallest absolute Gasteiger partial charge is 0.114 e. The lowest BCUT2D eigenvalue weighted by Gasteiger charge is -2.20. The first kappa shape index (κ1) is 7.95. The summed E-state index contributed by atoms with van der Waals surface area (Å²) in [4.78, 5) is 1.87. The van der Waals surface area contributed by atoms with Gasteiger partial charge in [0.25, 0.3) is 0 Å². The minimum atomic E-state index is -0.746. The number of likely N-dealkylation sites (N-methyl/N-ethyl adjacent to an activating group) is 1. The van der Waals surface area contributed by atoms with Crippen molar-refractivity contribution in [3.05, 3.63) is 0 Å². The van der Waals surface area contributed by atoms with Gasteiger partial charge in [-0.15, -0.1) is 0 Å². The van der Waals surface area contributed by atoms with Gasteiger partial charge in [0.1, 0.15) is 6.17 Å². The Morgan fingerprint density at radius 1 is 1.70 bits per heavy atom. The summed E-state index contributed by atoms with van der Waals surface area (Å²) in [6.45, 7) is 2.18. The van der Waals surface area contributed by atoms with Gasteiger partial charge in [-0.2, -0.15) is 0 Å². The van der Waals surface area contributed by atoms with Crippen LogP contribution in [0.25, 0.3) is 0 Å². The Kier molecular flexibility index (Phi) is 2.26. The zero-order chi connectivity index (χ0) is 7.72. The fourth-order valence-corrected chi connectivity index (χ4v) is 1.53. The highest BCUT2D eigenvalue weighted by molar-refractivity contribution is 4.86. The lowest BCUT2D eigenvalue weighted by Crippen LogP contribution is -2.34. The minimum Gasteiger partial charge on any atom is -0.392 e. The van der Waals surface area contributed by atoms with Gasteiger partial charge in [-0.1, -0.05) is 0 Å². The molecule has 3 heteroatoms. The summed E-state index contributed by atoms with van der Waals surface area (Å²) in [5.41, 5.74) is 0. The Bertz CT molecular complexity index is 118. The maximum absolute atomic E-state index is 12.6. The third-order valence-electron chi connectivity index (χ3n) is 2.11. The van der Waals surface area contributed by atoms with Crippen LogP contribution >= 0.6 is 0 Å². The molecule has 0 aliphatic carbocycles. The minimum absolute atomic E-state index is 0.0231. The maximum atomic E-state index is 12.6. The Balaban J connectivity index is 2.46. The van der Waals surface area contributed by atoms with Gasteiger partial charge in [0, 0.05) is 12.6 Å². The van der Waals surface area contributed by atoms with E-state index in [0.717, 1.165) is 0 Å². The molecule has 1 fully saturated rings. The number of likely N-dealkylation sites (tertiary alicyclic amines) is 1. The Hall–Kier alpha value is -0.150. The van der Waals surface area contributed by atoms with Crippen molar-refractivity contribution in [1.82, 2.24) is 4.90 Å². The average molecular weight is 147 g/mol. The van der Waals surface area contributed by atoms with Crippen LogP contribution in [-0.4, -0.2) is 41.9 Å². The van der Waals surface area contributed by atoms with Crippen LogP contribution in [0.3, 0.4) is 0 Å². The van der Waals surface area contributed by atoms with Crippen molar-refractivity contribution < 1.29 is 9.50 Å². The highest BCUT2D eigenvalue weighted by atomic mass is 19.1. The lowest BCUT2D eigenvalue weighted by molar-refractivity contribution is 0.101. The van der Waals surface area contributed by atoms with E-state index < -0.39 is 12.3 Å². The third kappa shape index (κ3) is 1.47. The number of nitrogens with zero attached hydrogens (tertiary/aromatic N) is 1. The van der Waals surface area contributed by atoms with Crippen LogP contribution in [0.2, 0.25) is 0 Å². The molecule has 60 valence electrons. The molecule has 2 nitrogen and oxygen atoms in total. The highest BCUT2D eigenvalue weighted by Crippen LogP contribution is 2.20. The second kappa shape index (κ2) is 2.84. The van der Waals surface area contributed by atoms with Crippen LogP contribution in [0.5, 0.6) is 0 Å². The molecule has 1 aliphatic heterocycles. The van der Waals surface area contributed by atoms with E-state index in [9.17, 15) is 4.39 Å². The molecule has 0 aromatic carbocycles. The molecule has 0 radical (unpaired) electrons. The Morgan fingerprint density at radius 3 is 2.50 bits per heavy atom. The van der Waals surface area contributed by atoms with Gasteiger partial charge in [0.05, 0.1) is 6.10 Å². The van der Waals surface area contributed by atoms with E-state index in [1.807, 2.05) is 11.9 Å². The lowest BCUT2D eigenvalue weighted by atomic mass is 10.1. The number of aliphatic hydroxyl groups is 1. The highest BCUT2D eigenvalue weighted by Gasteiger charge is 2.31. The summed E-state index contributed by atoms with van der Waals surface area (Å²) in [5, 5.41) is 9.13. The van der Waals surface area contributed by atoms with Gasteiger partial charge in [0.2, 0.25) is 0 Å². The molecule has 1 heterocycles. The fourth-order valence-electron chi connectivity index (χ4n) is 1.53. The van der Waals surface area contributed by atoms with Crippen molar-refractivity contribution >= 4 is 0 Å². The summed E-state index contributed by atoms with van der Waals surface area (Å²) in [5.74, 6) is 0. The van der Waals surface area contributed by atoms with Gasteiger partial charge >= 0.3 is 0 Å². The zero-order valence-electron chi connectivity index (χ0n) is 6.42. The van der Waals surface area contributed by atoms with Crippen molar-refractivity contribution in [2.45, 2.75) is 31.7 Å². The van der Waals surface area contributed by atoms with Crippen molar-refractivity contribution in [1.29, 1.82) is 0 Å². The number of rotatable bonds is 1. The molecule has 0 saturated carbocycles. The summed E-state index contributed by atoms with van der Waals surface area (Å²) < 4.78 is 12.6. The van der Waals surface area contributed by atoms with Gasteiger partial charge in [0.15, 0.2) is 0 Å². The molecule has 0 spiro atoms. The van der Waals surface area contributed by atoms with E-state index in [1.54, 1.807) is 6.92 Å². The van der Waals surface area contributed by atoms with Gasteiger partial charge < -0.3 is 5.11 Å². The van der Waals surface area contributed by atoms with E-state index in [0.29, 0.717) is 13.0 Å². The molecule has 0 amide bonds. The monoisotopic (exact) mass is 147 g/mol. The number of aliphatic hydroxyl groups excluding tert-OH is 1. The van der Waals surface area contributed by atoms with E-state index >= 15 is 0 Å². The standard InChI is InChI=1S/C7H14FNO/c1-5(10)7-3-6(8)4-9(7)2/h5-7,10H,3-4H2,1-2H3/t5-,6+,7-/m0/s1. The average Bonchev–Trinajstić information content (AvgIpc) is 2.10. The summed E-state index contributed by atoms with van der Waals surface area (Å²) >= 11 is 0. The second-order valence-electron chi connectivity index (χ2n) is 3.08. The molecule has 0 aromatic heterocycles. The molecule has 10 heavy (non-hydrogen) atoms. The van der Waals surface area contributed by atoms with Crippen LogP contribution < -0.4 is 0 Å². The molecule has 0 aromatic rings. The predicted octanol–water partition coefficient (Wildman–Crippen LogP) is 0.409. The molecule has 3 atom stereocenters. The first-order chi connectivity index (χ1) is 4.61.